The maximum Gasteiger partial charge on any atom is 0.387 e. The van der Waals surface area contributed by atoms with Crippen molar-refractivity contribution in [3.63, 3.8) is 0 Å². The minimum atomic E-state index is -2.84. The van der Waals surface area contributed by atoms with Crippen molar-refractivity contribution in [2.24, 2.45) is 0 Å². The van der Waals surface area contributed by atoms with Crippen LogP contribution in [0.4, 0.5) is 19.6 Å². The molecule has 1 amide bonds. The lowest BCUT2D eigenvalue weighted by molar-refractivity contribution is -0.0498. The van der Waals surface area contributed by atoms with Crippen molar-refractivity contribution in [1.29, 1.82) is 0 Å². The van der Waals surface area contributed by atoms with Gasteiger partial charge >= 0.3 is 6.61 Å². The molecule has 0 radical (unpaired) electrons. The Hall–Kier alpha value is -2.22. The van der Waals surface area contributed by atoms with Gasteiger partial charge < -0.3 is 15.0 Å². The predicted octanol–water partition coefficient (Wildman–Crippen LogP) is 4.11. The Kier molecular flexibility index (Phi) is 5.24. The number of hydrogen-bond acceptors (Lipinski definition) is 5. The van der Waals surface area contributed by atoms with Crippen LogP contribution in [-0.2, 0) is 0 Å². The van der Waals surface area contributed by atoms with E-state index >= 15 is 0 Å². The van der Waals surface area contributed by atoms with Crippen LogP contribution in [0.2, 0.25) is 0 Å². The fourth-order valence-electron chi connectivity index (χ4n) is 2.53. The molecule has 1 aromatic heterocycles. The molecular formula is C16H17F2N3O2S. The Bertz CT molecular complexity index is 685. The van der Waals surface area contributed by atoms with E-state index in [-0.39, 0.29) is 11.7 Å². The smallest absolute Gasteiger partial charge is 0.387 e. The molecule has 128 valence electrons. The van der Waals surface area contributed by atoms with E-state index in [4.69, 9.17) is 0 Å². The van der Waals surface area contributed by atoms with Gasteiger partial charge in [0.25, 0.3) is 5.91 Å². The standard InChI is InChI=1S/C16H17F2N3O2S/c17-15(18)23-12-6-4-11(5-7-12)19-16-20-13(10-24-16)14(22)21-8-2-1-3-9-21/h4-7,10,15H,1-3,8-9H2,(H,19,20). The quantitative estimate of drug-likeness (QED) is 0.879. The summed E-state index contributed by atoms with van der Waals surface area (Å²) in [7, 11) is 0. The van der Waals surface area contributed by atoms with Gasteiger partial charge in [0.15, 0.2) is 5.13 Å². The fraction of sp³-hybridized carbons (Fsp3) is 0.375. The molecule has 2 aromatic rings. The number of benzene rings is 1. The van der Waals surface area contributed by atoms with E-state index in [1.807, 2.05) is 4.90 Å². The number of nitrogens with one attached hydrogen (secondary N) is 1. The molecule has 8 heteroatoms. The van der Waals surface area contributed by atoms with Crippen LogP contribution in [0.25, 0.3) is 0 Å². The molecule has 1 fully saturated rings. The first-order chi connectivity index (χ1) is 11.6. The van der Waals surface area contributed by atoms with Gasteiger partial charge in [-0.2, -0.15) is 8.78 Å². The minimum Gasteiger partial charge on any atom is -0.435 e. The average Bonchev–Trinajstić information content (AvgIpc) is 3.05. The summed E-state index contributed by atoms with van der Waals surface area (Å²) in [5, 5.41) is 5.37. The van der Waals surface area contributed by atoms with Crippen LogP contribution < -0.4 is 10.1 Å². The van der Waals surface area contributed by atoms with Crippen molar-refractivity contribution in [2.75, 3.05) is 18.4 Å². The molecule has 0 saturated carbocycles. The third-order valence-corrected chi connectivity index (χ3v) is 4.46. The Morgan fingerprint density at radius 2 is 1.92 bits per heavy atom. The molecule has 0 spiro atoms. The molecule has 5 nitrogen and oxygen atoms in total. The number of likely N-dealkylation sites (tertiary alicyclic amines) is 1. The van der Waals surface area contributed by atoms with Crippen LogP contribution in [-0.4, -0.2) is 35.5 Å². The number of rotatable bonds is 5. The highest BCUT2D eigenvalue weighted by Crippen LogP contribution is 2.24. The van der Waals surface area contributed by atoms with Gasteiger partial charge in [-0.1, -0.05) is 0 Å². The van der Waals surface area contributed by atoms with Crippen LogP contribution in [0, 0.1) is 0 Å². The van der Waals surface area contributed by atoms with E-state index in [0.717, 1.165) is 25.9 Å². The van der Waals surface area contributed by atoms with Gasteiger partial charge in [-0.3, -0.25) is 4.79 Å². The lowest BCUT2D eigenvalue weighted by Gasteiger charge is -2.25. The first-order valence-electron chi connectivity index (χ1n) is 7.68. The third kappa shape index (κ3) is 4.19. The molecule has 0 unspecified atom stereocenters. The van der Waals surface area contributed by atoms with E-state index in [9.17, 15) is 13.6 Å². The van der Waals surface area contributed by atoms with Gasteiger partial charge in [0.05, 0.1) is 0 Å². The number of anilines is 2. The van der Waals surface area contributed by atoms with Crippen LogP contribution >= 0.6 is 11.3 Å². The molecule has 1 saturated heterocycles. The van der Waals surface area contributed by atoms with Gasteiger partial charge in [0.1, 0.15) is 11.4 Å². The van der Waals surface area contributed by atoms with E-state index in [1.165, 1.54) is 29.9 Å². The summed E-state index contributed by atoms with van der Waals surface area (Å²) in [6.07, 6.45) is 3.24. The summed E-state index contributed by atoms with van der Waals surface area (Å²) >= 11 is 1.33. The second-order valence-electron chi connectivity index (χ2n) is 5.42. The molecule has 3 rings (SSSR count). The predicted molar refractivity (Wildman–Crippen MR) is 88.2 cm³/mol. The van der Waals surface area contributed by atoms with Crippen LogP contribution in [0.3, 0.4) is 0 Å². The van der Waals surface area contributed by atoms with Crippen LogP contribution in [0.1, 0.15) is 29.8 Å². The lowest BCUT2D eigenvalue weighted by Crippen LogP contribution is -2.35. The molecule has 0 atom stereocenters. The summed E-state index contributed by atoms with van der Waals surface area (Å²) in [4.78, 5) is 18.5. The third-order valence-electron chi connectivity index (χ3n) is 3.70. The highest BCUT2D eigenvalue weighted by Gasteiger charge is 2.20. The zero-order valence-electron chi connectivity index (χ0n) is 12.9. The number of amides is 1. The van der Waals surface area contributed by atoms with Crippen LogP contribution in [0.15, 0.2) is 29.6 Å². The topological polar surface area (TPSA) is 54.5 Å². The number of hydrogen-bond donors (Lipinski definition) is 1. The number of thiazole rings is 1. The zero-order valence-corrected chi connectivity index (χ0v) is 13.7. The molecule has 2 heterocycles. The SMILES string of the molecule is O=C(c1csc(Nc2ccc(OC(F)F)cc2)n1)N1CCCCC1. The summed E-state index contributed by atoms with van der Waals surface area (Å²) in [5.74, 6) is 0.0512. The number of carbonyl (C=O) groups is 1. The molecule has 1 aromatic carbocycles. The van der Waals surface area contributed by atoms with Crippen LogP contribution in [0.5, 0.6) is 5.75 Å². The number of ether oxygens (including phenoxy) is 1. The highest BCUT2D eigenvalue weighted by atomic mass is 32.1. The second-order valence-corrected chi connectivity index (χ2v) is 6.28. The molecule has 1 N–H and O–H groups in total. The minimum absolute atomic E-state index is 0.0420. The molecule has 0 bridgehead atoms. The summed E-state index contributed by atoms with van der Waals surface area (Å²) in [6.45, 7) is -1.28. The van der Waals surface area contributed by atoms with E-state index in [1.54, 1.807) is 17.5 Å². The largest absolute Gasteiger partial charge is 0.435 e. The van der Waals surface area contributed by atoms with Gasteiger partial charge in [0, 0.05) is 24.2 Å². The molecule has 24 heavy (non-hydrogen) atoms. The number of aromatic nitrogens is 1. The monoisotopic (exact) mass is 353 g/mol. The number of nitrogens with zero attached hydrogens (tertiary/aromatic N) is 2. The Balaban J connectivity index is 1.62. The van der Waals surface area contributed by atoms with Crippen molar-refractivity contribution in [3.05, 3.63) is 35.3 Å². The van der Waals surface area contributed by atoms with Crippen molar-refractivity contribution in [1.82, 2.24) is 9.88 Å². The summed E-state index contributed by atoms with van der Waals surface area (Å²) in [5.41, 5.74) is 1.12. The highest BCUT2D eigenvalue weighted by molar-refractivity contribution is 7.14. The second kappa shape index (κ2) is 7.57. The van der Waals surface area contributed by atoms with E-state index in [0.29, 0.717) is 16.5 Å². The summed E-state index contributed by atoms with van der Waals surface area (Å²) < 4.78 is 28.5. The van der Waals surface area contributed by atoms with E-state index < -0.39 is 6.61 Å². The van der Waals surface area contributed by atoms with Crippen molar-refractivity contribution in [2.45, 2.75) is 25.9 Å². The first kappa shape index (κ1) is 16.6. The Labute approximate surface area is 142 Å². The maximum atomic E-state index is 12.4. The molecule has 1 aliphatic heterocycles. The van der Waals surface area contributed by atoms with Crippen molar-refractivity contribution < 1.29 is 18.3 Å². The van der Waals surface area contributed by atoms with Crippen molar-refractivity contribution >= 4 is 28.1 Å². The normalized spacial score (nSPS) is 14.7. The number of piperidine rings is 1. The number of halogens is 2. The van der Waals surface area contributed by atoms with Gasteiger partial charge in [0.2, 0.25) is 0 Å². The van der Waals surface area contributed by atoms with Crippen molar-refractivity contribution in [3.8, 4) is 5.75 Å². The zero-order chi connectivity index (χ0) is 16.9. The molecule has 1 aliphatic rings. The van der Waals surface area contributed by atoms with Gasteiger partial charge in [-0.15, -0.1) is 11.3 Å². The fourth-order valence-corrected chi connectivity index (χ4v) is 3.24. The Morgan fingerprint density at radius 3 is 2.58 bits per heavy atom. The maximum absolute atomic E-state index is 12.4. The molecular weight excluding hydrogens is 336 g/mol. The number of carbonyl (C=O) groups excluding carboxylic acids is 1. The van der Waals surface area contributed by atoms with Gasteiger partial charge in [-0.25, -0.2) is 4.98 Å². The lowest BCUT2D eigenvalue weighted by atomic mass is 10.1. The average molecular weight is 353 g/mol. The van der Waals surface area contributed by atoms with Gasteiger partial charge in [-0.05, 0) is 43.5 Å². The Morgan fingerprint density at radius 1 is 1.21 bits per heavy atom. The molecule has 0 aliphatic carbocycles. The first-order valence-corrected chi connectivity index (χ1v) is 8.56. The van der Waals surface area contributed by atoms with E-state index in [2.05, 4.69) is 15.0 Å². The summed E-state index contributed by atoms with van der Waals surface area (Å²) in [6, 6.07) is 6.13. The number of alkyl halides is 2.